The van der Waals surface area contributed by atoms with E-state index in [0.29, 0.717) is 36.3 Å². The van der Waals surface area contributed by atoms with Crippen molar-refractivity contribution < 1.29 is 18.0 Å². The van der Waals surface area contributed by atoms with Crippen LogP contribution in [0.15, 0.2) is 47.4 Å². The number of anilines is 1. The van der Waals surface area contributed by atoms with Gasteiger partial charge in [0.15, 0.2) is 5.78 Å². The lowest BCUT2D eigenvalue weighted by molar-refractivity contribution is -0.116. The second-order valence-corrected chi connectivity index (χ2v) is 10.9. The van der Waals surface area contributed by atoms with Crippen molar-refractivity contribution in [1.82, 2.24) is 13.9 Å². The Morgan fingerprint density at radius 1 is 1.09 bits per heavy atom. The number of carbonyl (C=O) groups is 2. The summed E-state index contributed by atoms with van der Waals surface area (Å²) in [6, 6.07) is 12.0. The Balaban J connectivity index is 1.54. The van der Waals surface area contributed by atoms with Gasteiger partial charge in [-0.15, -0.1) is 0 Å². The van der Waals surface area contributed by atoms with Crippen LogP contribution in [0, 0.1) is 0 Å². The maximum Gasteiger partial charge on any atom is 0.243 e. The lowest BCUT2D eigenvalue weighted by Gasteiger charge is -2.15. The normalized spacial score (nSPS) is 14.5. The maximum absolute atomic E-state index is 13.0. The van der Waals surface area contributed by atoms with Gasteiger partial charge in [0.2, 0.25) is 15.9 Å². The highest BCUT2D eigenvalue weighted by Gasteiger charge is 2.28. The molecule has 2 heterocycles. The van der Waals surface area contributed by atoms with Crippen molar-refractivity contribution in [3.05, 3.63) is 53.9 Å². The zero-order valence-corrected chi connectivity index (χ0v) is 21.1. The number of ketones is 1. The molecule has 1 fully saturated rings. The minimum atomic E-state index is -3.52. The highest BCUT2D eigenvalue weighted by atomic mass is 32.2. The highest BCUT2D eigenvalue weighted by molar-refractivity contribution is 7.89. The van der Waals surface area contributed by atoms with E-state index < -0.39 is 10.0 Å². The molecule has 1 N–H and O–H groups in total. The van der Waals surface area contributed by atoms with Crippen LogP contribution in [0.25, 0.3) is 11.0 Å². The van der Waals surface area contributed by atoms with E-state index in [1.54, 1.807) is 36.4 Å². The summed E-state index contributed by atoms with van der Waals surface area (Å²) >= 11 is 0. The molecule has 0 atom stereocenters. The van der Waals surface area contributed by atoms with Gasteiger partial charge >= 0.3 is 0 Å². The topological polar surface area (TPSA) is 101 Å². The van der Waals surface area contributed by atoms with Crippen molar-refractivity contribution >= 4 is 38.4 Å². The third-order valence-corrected chi connectivity index (χ3v) is 8.26. The molecule has 0 radical (unpaired) electrons. The van der Waals surface area contributed by atoms with Gasteiger partial charge in [-0.3, -0.25) is 9.59 Å². The molecule has 8 nitrogen and oxygen atoms in total. The fraction of sp³-hybridized carbons (Fsp3) is 0.423. The molecule has 3 aromatic rings. The van der Waals surface area contributed by atoms with Crippen LogP contribution in [0.2, 0.25) is 0 Å². The van der Waals surface area contributed by atoms with E-state index in [9.17, 15) is 18.0 Å². The third kappa shape index (κ3) is 5.62. The summed E-state index contributed by atoms with van der Waals surface area (Å²) in [5, 5.41) is 2.85. The van der Waals surface area contributed by atoms with Gasteiger partial charge in [-0.05, 0) is 56.5 Å². The van der Waals surface area contributed by atoms with E-state index in [1.165, 1.54) is 11.2 Å². The van der Waals surface area contributed by atoms with E-state index in [4.69, 9.17) is 4.98 Å². The minimum Gasteiger partial charge on any atom is -0.328 e. The van der Waals surface area contributed by atoms with Gasteiger partial charge in [0.05, 0.1) is 15.9 Å². The lowest BCUT2D eigenvalue weighted by atomic mass is 10.1. The average molecular weight is 497 g/mol. The molecule has 186 valence electrons. The Labute approximate surface area is 206 Å². The van der Waals surface area contributed by atoms with E-state index in [0.717, 1.165) is 43.6 Å². The third-order valence-electron chi connectivity index (χ3n) is 6.37. The number of amides is 1. The predicted octanol–water partition coefficient (Wildman–Crippen LogP) is 4.39. The Morgan fingerprint density at radius 3 is 2.57 bits per heavy atom. The number of benzene rings is 2. The number of rotatable bonds is 10. The molecule has 1 aromatic heterocycles. The van der Waals surface area contributed by atoms with E-state index >= 15 is 0 Å². The molecule has 4 rings (SSSR count). The van der Waals surface area contributed by atoms with Crippen LogP contribution < -0.4 is 5.32 Å². The SMILES string of the molecule is CCCCn1c(CCC(=O)Nc2cccc(C(C)=O)c2)nc2cc(S(=O)(=O)N3CCCC3)ccc21. The molecule has 0 spiro atoms. The van der Waals surface area contributed by atoms with Crippen molar-refractivity contribution in [2.45, 2.75) is 63.8 Å². The van der Waals surface area contributed by atoms with Gasteiger partial charge < -0.3 is 9.88 Å². The number of nitrogens with one attached hydrogen (secondary N) is 1. The zero-order chi connectivity index (χ0) is 25.0. The number of aryl methyl sites for hydroxylation is 2. The standard InChI is InChI=1S/C26H32N4O4S/c1-3-4-16-30-24-11-10-22(35(33,34)29-14-5-6-15-29)18-23(24)28-25(30)12-13-26(32)27-21-9-7-8-20(17-21)19(2)31/h7-11,17-18H,3-6,12-16H2,1-2H3,(H,27,32). The minimum absolute atomic E-state index is 0.0585. The van der Waals surface area contributed by atoms with Gasteiger partial charge in [0, 0.05) is 43.7 Å². The molecular formula is C26H32N4O4S. The largest absolute Gasteiger partial charge is 0.328 e. The Morgan fingerprint density at radius 2 is 1.86 bits per heavy atom. The first-order chi connectivity index (χ1) is 16.8. The number of imidazole rings is 1. The molecule has 1 aliphatic rings. The fourth-order valence-electron chi connectivity index (χ4n) is 4.42. The van der Waals surface area contributed by atoms with Crippen LogP contribution in [-0.2, 0) is 27.8 Å². The van der Waals surface area contributed by atoms with Crippen LogP contribution in [-0.4, -0.2) is 47.1 Å². The second kappa shape index (κ2) is 10.7. The molecule has 1 aliphatic heterocycles. The van der Waals surface area contributed by atoms with Gasteiger partial charge in [0.1, 0.15) is 5.82 Å². The molecule has 1 amide bonds. The summed E-state index contributed by atoms with van der Waals surface area (Å²) in [6.45, 7) is 5.47. The first kappa shape index (κ1) is 25.1. The quantitative estimate of drug-likeness (QED) is 0.420. The van der Waals surface area contributed by atoms with Gasteiger partial charge in [-0.25, -0.2) is 13.4 Å². The van der Waals surface area contributed by atoms with Gasteiger partial charge in [-0.1, -0.05) is 25.5 Å². The second-order valence-electron chi connectivity index (χ2n) is 8.98. The molecular weight excluding hydrogens is 464 g/mol. The Kier molecular flexibility index (Phi) is 7.66. The molecule has 0 unspecified atom stereocenters. The molecule has 0 saturated carbocycles. The van der Waals surface area contributed by atoms with Gasteiger partial charge in [-0.2, -0.15) is 4.31 Å². The number of fused-ring (bicyclic) bond motifs is 1. The maximum atomic E-state index is 13.0. The van der Waals surface area contributed by atoms with E-state index in [1.807, 2.05) is 6.07 Å². The summed E-state index contributed by atoms with van der Waals surface area (Å²) in [4.78, 5) is 29.2. The monoisotopic (exact) mass is 496 g/mol. The van der Waals surface area contributed by atoms with E-state index in [2.05, 4.69) is 16.8 Å². The zero-order valence-electron chi connectivity index (χ0n) is 20.3. The number of unbranched alkanes of at least 4 members (excludes halogenated alkanes) is 1. The number of Topliss-reactive ketones (excluding diaryl/α,β-unsaturated/α-hetero) is 1. The molecule has 9 heteroatoms. The van der Waals surface area contributed by atoms with Crippen molar-refractivity contribution in [1.29, 1.82) is 0 Å². The first-order valence-electron chi connectivity index (χ1n) is 12.2. The van der Waals surface area contributed by atoms with Crippen LogP contribution in [0.5, 0.6) is 0 Å². The number of hydrogen-bond donors (Lipinski definition) is 1. The number of nitrogens with zero attached hydrogens (tertiary/aromatic N) is 3. The van der Waals surface area contributed by atoms with Crippen LogP contribution in [0.1, 0.15) is 62.1 Å². The number of hydrogen-bond acceptors (Lipinski definition) is 5. The summed E-state index contributed by atoms with van der Waals surface area (Å²) in [7, 11) is -3.52. The Hall–Kier alpha value is -3.04. The smallest absolute Gasteiger partial charge is 0.243 e. The summed E-state index contributed by atoms with van der Waals surface area (Å²) in [5.74, 6) is 0.533. The van der Waals surface area contributed by atoms with Crippen molar-refractivity contribution in [2.75, 3.05) is 18.4 Å². The van der Waals surface area contributed by atoms with Crippen LogP contribution in [0.4, 0.5) is 5.69 Å². The average Bonchev–Trinajstić information content (AvgIpc) is 3.50. The number of sulfonamides is 1. The molecule has 35 heavy (non-hydrogen) atoms. The summed E-state index contributed by atoms with van der Waals surface area (Å²) in [6.07, 6.45) is 4.38. The first-order valence-corrected chi connectivity index (χ1v) is 13.6. The van der Waals surface area contributed by atoms with Crippen molar-refractivity contribution in [3.63, 3.8) is 0 Å². The van der Waals surface area contributed by atoms with Gasteiger partial charge in [0.25, 0.3) is 0 Å². The number of carbonyl (C=O) groups excluding carboxylic acids is 2. The van der Waals surface area contributed by atoms with Crippen LogP contribution in [0.3, 0.4) is 0 Å². The van der Waals surface area contributed by atoms with E-state index in [-0.39, 0.29) is 23.0 Å². The van der Waals surface area contributed by atoms with Crippen LogP contribution >= 0.6 is 0 Å². The molecule has 2 aromatic carbocycles. The lowest BCUT2D eigenvalue weighted by Crippen LogP contribution is -2.27. The number of aromatic nitrogens is 2. The highest BCUT2D eigenvalue weighted by Crippen LogP contribution is 2.26. The molecule has 0 bridgehead atoms. The molecule has 0 aliphatic carbocycles. The fourth-order valence-corrected chi connectivity index (χ4v) is 5.96. The van der Waals surface area contributed by atoms with Crippen molar-refractivity contribution in [3.8, 4) is 0 Å². The van der Waals surface area contributed by atoms with Crippen molar-refractivity contribution in [2.24, 2.45) is 0 Å². The predicted molar refractivity (Wildman–Crippen MR) is 136 cm³/mol. The molecule has 1 saturated heterocycles. The Bertz CT molecular complexity index is 1340. The summed E-state index contributed by atoms with van der Waals surface area (Å²) < 4.78 is 29.7. The summed E-state index contributed by atoms with van der Waals surface area (Å²) in [5.41, 5.74) is 2.64.